The average molecular weight is 258 g/mol. The molecule has 1 unspecified atom stereocenters. The average Bonchev–Trinajstić information content (AvgIpc) is 2.84. The van der Waals surface area contributed by atoms with Crippen molar-refractivity contribution in [1.29, 1.82) is 0 Å². The van der Waals surface area contributed by atoms with Crippen molar-refractivity contribution in [3.8, 4) is 0 Å². The molecule has 0 N–H and O–H groups in total. The third-order valence-electron chi connectivity index (χ3n) is 3.27. The molecule has 5 nitrogen and oxygen atoms in total. The normalized spacial score (nSPS) is 12.2. The Morgan fingerprint density at radius 1 is 1.47 bits per heavy atom. The summed E-state index contributed by atoms with van der Waals surface area (Å²) < 4.78 is 1.83. The van der Waals surface area contributed by atoms with Crippen LogP contribution in [0.1, 0.15) is 23.1 Å². The zero-order valence-corrected chi connectivity index (χ0v) is 11.4. The summed E-state index contributed by atoms with van der Waals surface area (Å²) >= 11 is 0. The Labute approximate surface area is 112 Å². The van der Waals surface area contributed by atoms with E-state index in [2.05, 4.69) is 9.97 Å². The summed E-state index contributed by atoms with van der Waals surface area (Å²) in [5.41, 5.74) is 1.58. The lowest BCUT2D eigenvalue weighted by Crippen LogP contribution is -2.37. The fraction of sp³-hybridized carbons (Fsp3) is 0.357. The first kappa shape index (κ1) is 13.3. The molecular weight excluding hydrogens is 240 g/mol. The Balaban J connectivity index is 2.05. The number of likely N-dealkylation sites (N-methyl/N-ethyl adjacent to an activating group) is 1. The van der Waals surface area contributed by atoms with Gasteiger partial charge in [-0.25, -0.2) is 0 Å². The van der Waals surface area contributed by atoms with Crippen LogP contribution in [-0.2, 0) is 13.5 Å². The Kier molecular flexibility index (Phi) is 3.94. The van der Waals surface area contributed by atoms with Crippen LogP contribution in [0.15, 0.2) is 36.9 Å². The van der Waals surface area contributed by atoms with Crippen LogP contribution >= 0.6 is 0 Å². The second-order valence-electron chi connectivity index (χ2n) is 4.67. The monoisotopic (exact) mass is 258 g/mol. The van der Waals surface area contributed by atoms with Gasteiger partial charge in [-0.3, -0.25) is 14.8 Å². The minimum atomic E-state index is 0.0175. The van der Waals surface area contributed by atoms with Crippen molar-refractivity contribution >= 4 is 5.91 Å². The Morgan fingerprint density at radius 3 is 2.84 bits per heavy atom. The summed E-state index contributed by atoms with van der Waals surface area (Å²) in [5, 5.41) is 0. The molecule has 0 aromatic carbocycles. The van der Waals surface area contributed by atoms with Crippen molar-refractivity contribution in [2.45, 2.75) is 19.4 Å². The maximum Gasteiger partial charge on any atom is 0.270 e. The van der Waals surface area contributed by atoms with Gasteiger partial charge in [0.25, 0.3) is 5.91 Å². The largest absolute Gasteiger partial charge is 0.347 e. The van der Waals surface area contributed by atoms with E-state index >= 15 is 0 Å². The minimum absolute atomic E-state index is 0.0175. The number of hydrogen-bond acceptors (Lipinski definition) is 3. The quantitative estimate of drug-likeness (QED) is 0.835. The number of nitrogens with zero attached hydrogens (tertiary/aromatic N) is 4. The van der Waals surface area contributed by atoms with Crippen molar-refractivity contribution in [3.63, 3.8) is 0 Å². The van der Waals surface area contributed by atoms with Gasteiger partial charge < -0.3 is 9.47 Å². The molecule has 2 heterocycles. The van der Waals surface area contributed by atoms with Gasteiger partial charge in [0.2, 0.25) is 0 Å². The highest BCUT2D eigenvalue weighted by molar-refractivity contribution is 5.92. The molecule has 0 saturated carbocycles. The fourth-order valence-corrected chi connectivity index (χ4v) is 1.94. The first-order chi connectivity index (χ1) is 9.09. The highest BCUT2D eigenvalue weighted by Crippen LogP contribution is 2.09. The molecule has 5 heteroatoms. The van der Waals surface area contributed by atoms with Gasteiger partial charge in [0.05, 0.1) is 5.69 Å². The van der Waals surface area contributed by atoms with Gasteiger partial charge in [-0.2, -0.15) is 0 Å². The third kappa shape index (κ3) is 2.99. The molecule has 19 heavy (non-hydrogen) atoms. The summed E-state index contributed by atoms with van der Waals surface area (Å²) in [6, 6.07) is 3.77. The first-order valence-electron chi connectivity index (χ1n) is 6.23. The van der Waals surface area contributed by atoms with Crippen LogP contribution in [0.25, 0.3) is 0 Å². The van der Waals surface area contributed by atoms with Gasteiger partial charge in [-0.15, -0.1) is 0 Å². The van der Waals surface area contributed by atoms with E-state index in [4.69, 9.17) is 0 Å². The number of aryl methyl sites for hydroxylation is 1. The van der Waals surface area contributed by atoms with Crippen LogP contribution in [0.4, 0.5) is 0 Å². The summed E-state index contributed by atoms with van der Waals surface area (Å²) in [4.78, 5) is 22.3. The van der Waals surface area contributed by atoms with Crippen LogP contribution in [0.3, 0.4) is 0 Å². The lowest BCUT2D eigenvalue weighted by atomic mass is 10.1. The Hall–Kier alpha value is -2.17. The zero-order valence-electron chi connectivity index (χ0n) is 11.4. The first-order valence-corrected chi connectivity index (χ1v) is 6.23. The van der Waals surface area contributed by atoms with Gasteiger partial charge in [-0.05, 0) is 19.1 Å². The van der Waals surface area contributed by atoms with Crippen LogP contribution in [0.5, 0.6) is 0 Å². The topological polar surface area (TPSA) is 51.0 Å². The molecule has 1 amide bonds. The standard InChI is InChI=1S/C14H18N4O/c1-11(9-12-10-15-6-7-16-12)18(3)14(19)13-5-4-8-17(13)2/h4-8,10-11H,9H2,1-3H3. The number of carbonyl (C=O) groups excluding carboxylic acids is 1. The molecule has 0 bridgehead atoms. The second-order valence-corrected chi connectivity index (χ2v) is 4.67. The molecule has 1 atom stereocenters. The summed E-state index contributed by atoms with van der Waals surface area (Å²) in [5.74, 6) is 0.0175. The second kappa shape index (κ2) is 5.65. The predicted octanol–water partition coefficient (Wildman–Crippen LogP) is 1.52. The van der Waals surface area contributed by atoms with E-state index in [1.165, 1.54) is 0 Å². The minimum Gasteiger partial charge on any atom is -0.347 e. The van der Waals surface area contributed by atoms with Crippen LogP contribution in [-0.4, -0.2) is 38.4 Å². The number of hydrogen-bond donors (Lipinski definition) is 0. The highest BCUT2D eigenvalue weighted by Gasteiger charge is 2.19. The van der Waals surface area contributed by atoms with Gasteiger partial charge in [-0.1, -0.05) is 0 Å². The summed E-state index contributed by atoms with van der Waals surface area (Å²) in [6.45, 7) is 2.01. The molecule has 0 aliphatic heterocycles. The zero-order chi connectivity index (χ0) is 13.8. The fourth-order valence-electron chi connectivity index (χ4n) is 1.94. The van der Waals surface area contributed by atoms with Gasteiger partial charge >= 0.3 is 0 Å². The van der Waals surface area contributed by atoms with Crippen molar-refractivity contribution in [2.75, 3.05) is 7.05 Å². The third-order valence-corrected chi connectivity index (χ3v) is 3.27. The number of rotatable bonds is 4. The van der Waals surface area contributed by atoms with Crippen LogP contribution in [0, 0.1) is 0 Å². The van der Waals surface area contributed by atoms with Crippen molar-refractivity contribution in [2.24, 2.45) is 7.05 Å². The SMILES string of the molecule is CC(Cc1cnccn1)N(C)C(=O)c1cccn1C. The van der Waals surface area contributed by atoms with E-state index in [0.717, 1.165) is 5.69 Å². The highest BCUT2D eigenvalue weighted by atomic mass is 16.2. The molecule has 100 valence electrons. The number of amides is 1. The van der Waals surface area contributed by atoms with Gasteiger partial charge in [0.1, 0.15) is 5.69 Å². The molecule has 0 radical (unpaired) electrons. The van der Waals surface area contributed by atoms with E-state index < -0.39 is 0 Å². The summed E-state index contributed by atoms with van der Waals surface area (Å²) in [6.07, 6.45) is 7.61. The van der Waals surface area contributed by atoms with Gasteiger partial charge in [0, 0.05) is 51.3 Å². The maximum absolute atomic E-state index is 12.3. The van der Waals surface area contributed by atoms with Gasteiger partial charge in [0.15, 0.2) is 0 Å². The van der Waals surface area contributed by atoms with E-state index in [1.807, 2.05) is 43.9 Å². The van der Waals surface area contributed by atoms with Crippen LogP contribution in [0.2, 0.25) is 0 Å². The van der Waals surface area contributed by atoms with E-state index in [-0.39, 0.29) is 11.9 Å². The lowest BCUT2D eigenvalue weighted by Gasteiger charge is -2.24. The lowest BCUT2D eigenvalue weighted by molar-refractivity contribution is 0.0733. The van der Waals surface area contributed by atoms with E-state index in [9.17, 15) is 4.79 Å². The Morgan fingerprint density at radius 2 is 2.26 bits per heavy atom. The molecule has 0 aliphatic rings. The molecule has 0 fully saturated rings. The molecule has 0 saturated heterocycles. The van der Waals surface area contributed by atoms with E-state index in [1.54, 1.807) is 23.5 Å². The van der Waals surface area contributed by atoms with Crippen molar-refractivity contribution in [1.82, 2.24) is 19.4 Å². The maximum atomic E-state index is 12.3. The molecule has 0 spiro atoms. The predicted molar refractivity (Wildman–Crippen MR) is 72.7 cm³/mol. The molecular formula is C14H18N4O. The van der Waals surface area contributed by atoms with Crippen molar-refractivity contribution < 1.29 is 4.79 Å². The number of aromatic nitrogens is 3. The molecule has 0 aliphatic carbocycles. The molecule has 2 aromatic rings. The summed E-state index contributed by atoms with van der Waals surface area (Å²) in [7, 11) is 3.69. The van der Waals surface area contributed by atoms with E-state index in [0.29, 0.717) is 12.1 Å². The van der Waals surface area contributed by atoms with Crippen LogP contribution < -0.4 is 0 Å². The smallest absolute Gasteiger partial charge is 0.270 e. The number of carbonyl (C=O) groups is 1. The molecule has 2 aromatic heterocycles. The Bertz CT molecular complexity index is 550. The molecule has 2 rings (SSSR count). The van der Waals surface area contributed by atoms with Crippen molar-refractivity contribution in [3.05, 3.63) is 48.3 Å².